The number of aromatic hydroxyl groups is 1. The molecule has 0 bridgehead atoms. The van der Waals surface area contributed by atoms with E-state index in [2.05, 4.69) is 0 Å². The van der Waals surface area contributed by atoms with Gasteiger partial charge in [0.2, 0.25) is 6.29 Å². The summed E-state index contributed by atoms with van der Waals surface area (Å²) in [7, 11) is 0. The van der Waals surface area contributed by atoms with Gasteiger partial charge in [-0.3, -0.25) is 9.59 Å². The van der Waals surface area contributed by atoms with Crippen molar-refractivity contribution >= 4 is 11.9 Å². The highest BCUT2D eigenvalue weighted by atomic mass is 16.7. The summed E-state index contributed by atoms with van der Waals surface area (Å²) in [6, 6.07) is 5.83. The van der Waals surface area contributed by atoms with E-state index in [-0.39, 0.29) is 5.75 Å². The second-order valence-electron chi connectivity index (χ2n) is 7.61. The van der Waals surface area contributed by atoms with Gasteiger partial charge >= 0.3 is 11.9 Å². The van der Waals surface area contributed by atoms with Gasteiger partial charge in [0.25, 0.3) is 0 Å². The Morgan fingerprint density at radius 3 is 2.08 bits per heavy atom. The zero-order valence-electron chi connectivity index (χ0n) is 16.7. The van der Waals surface area contributed by atoms with Gasteiger partial charge in [-0.1, -0.05) is 13.8 Å². The quantitative estimate of drug-likeness (QED) is 0.445. The van der Waals surface area contributed by atoms with Crippen LogP contribution in [0.5, 0.6) is 11.5 Å². The summed E-state index contributed by atoms with van der Waals surface area (Å²) in [6.07, 6.45) is -0.325. The SMILES string of the molecule is CCC(C)(C(=O)Oc1ccc(O)cc1)C(C)C(=O)OC(C)OC(C)(C)C. The van der Waals surface area contributed by atoms with Gasteiger partial charge < -0.3 is 19.3 Å². The predicted molar refractivity (Wildman–Crippen MR) is 97.7 cm³/mol. The maximum atomic E-state index is 12.7. The van der Waals surface area contributed by atoms with Crippen molar-refractivity contribution < 1.29 is 28.9 Å². The lowest BCUT2D eigenvalue weighted by atomic mass is 9.76. The van der Waals surface area contributed by atoms with Crippen LogP contribution in [0.3, 0.4) is 0 Å². The first-order valence-corrected chi connectivity index (χ1v) is 8.78. The fourth-order valence-corrected chi connectivity index (χ4v) is 2.41. The van der Waals surface area contributed by atoms with Crippen LogP contribution in [-0.2, 0) is 19.1 Å². The summed E-state index contributed by atoms with van der Waals surface area (Å²) in [6.45, 7) is 12.4. The number of phenols is 1. The predicted octanol–water partition coefficient (Wildman–Crippen LogP) is 4.05. The van der Waals surface area contributed by atoms with E-state index < -0.39 is 35.2 Å². The van der Waals surface area contributed by atoms with E-state index >= 15 is 0 Å². The van der Waals surface area contributed by atoms with Gasteiger partial charge in [0.1, 0.15) is 11.5 Å². The summed E-state index contributed by atoms with van der Waals surface area (Å²) < 4.78 is 16.3. The molecule has 0 aliphatic carbocycles. The molecule has 0 aliphatic rings. The average molecular weight is 366 g/mol. The van der Waals surface area contributed by atoms with Crippen molar-refractivity contribution in [3.05, 3.63) is 24.3 Å². The zero-order chi connectivity index (χ0) is 20.1. The summed E-state index contributed by atoms with van der Waals surface area (Å²) in [5, 5.41) is 9.31. The summed E-state index contributed by atoms with van der Waals surface area (Å²) >= 11 is 0. The van der Waals surface area contributed by atoms with Crippen molar-refractivity contribution in [2.45, 2.75) is 66.8 Å². The highest BCUT2D eigenvalue weighted by Gasteiger charge is 2.44. The lowest BCUT2D eigenvalue weighted by Gasteiger charge is -2.32. The number of esters is 2. The molecular formula is C20H30O6. The summed E-state index contributed by atoms with van der Waals surface area (Å²) in [4.78, 5) is 25.2. The maximum Gasteiger partial charge on any atom is 0.318 e. The lowest BCUT2D eigenvalue weighted by Crippen LogP contribution is -2.43. The number of benzene rings is 1. The van der Waals surface area contributed by atoms with Gasteiger partial charge in [-0.15, -0.1) is 0 Å². The van der Waals surface area contributed by atoms with Crippen LogP contribution in [-0.4, -0.2) is 28.9 Å². The van der Waals surface area contributed by atoms with E-state index in [1.807, 2.05) is 27.7 Å². The van der Waals surface area contributed by atoms with Crippen LogP contribution in [0.2, 0.25) is 0 Å². The van der Waals surface area contributed by atoms with E-state index in [0.29, 0.717) is 12.2 Å². The minimum Gasteiger partial charge on any atom is -0.508 e. The molecule has 0 aliphatic heterocycles. The van der Waals surface area contributed by atoms with Crippen LogP contribution < -0.4 is 4.74 Å². The first kappa shape index (κ1) is 22.0. The van der Waals surface area contributed by atoms with Crippen molar-refractivity contribution in [3.8, 4) is 11.5 Å². The fraction of sp³-hybridized carbons (Fsp3) is 0.600. The third-order valence-electron chi connectivity index (χ3n) is 4.36. The minimum absolute atomic E-state index is 0.0767. The van der Waals surface area contributed by atoms with Crippen molar-refractivity contribution in [2.75, 3.05) is 0 Å². The van der Waals surface area contributed by atoms with Gasteiger partial charge in [0, 0.05) is 0 Å². The van der Waals surface area contributed by atoms with Gasteiger partial charge in [0.15, 0.2) is 0 Å². The number of carbonyl (C=O) groups excluding carboxylic acids is 2. The molecule has 146 valence electrons. The molecule has 0 radical (unpaired) electrons. The molecule has 0 heterocycles. The van der Waals surface area contributed by atoms with Crippen LogP contribution in [0.1, 0.15) is 54.9 Å². The third kappa shape index (κ3) is 6.02. The van der Waals surface area contributed by atoms with Gasteiger partial charge in [-0.05, 0) is 65.3 Å². The van der Waals surface area contributed by atoms with Gasteiger partial charge in [0.05, 0.1) is 16.9 Å². The Bertz CT molecular complexity index is 616. The number of rotatable bonds is 7. The summed E-state index contributed by atoms with van der Waals surface area (Å²) in [5.41, 5.74) is -1.51. The molecule has 0 fully saturated rings. The molecule has 0 aromatic heterocycles. The monoisotopic (exact) mass is 366 g/mol. The Balaban J connectivity index is 2.83. The Hall–Kier alpha value is -2.08. The lowest BCUT2D eigenvalue weighted by molar-refractivity contribution is -0.204. The Kier molecular flexibility index (Phi) is 7.21. The number of hydrogen-bond acceptors (Lipinski definition) is 6. The first-order valence-electron chi connectivity index (χ1n) is 8.78. The molecule has 3 atom stereocenters. The number of phenolic OH excluding ortho intramolecular Hbond substituents is 1. The molecule has 26 heavy (non-hydrogen) atoms. The average Bonchev–Trinajstić information content (AvgIpc) is 2.53. The van der Waals surface area contributed by atoms with Gasteiger partial charge in [-0.25, -0.2) is 0 Å². The maximum absolute atomic E-state index is 12.7. The van der Waals surface area contributed by atoms with Crippen LogP contribution in [0.15, 0.2) is 24.3 Å². The second kappa shape index (κ2) is 8.54. The Labute approximate surface area is 155 Å². The summed E-state index contributed by atoms with van der Waals surface area (Å²) in [5.74, 6) is -1.39. The number of carbonyl (C=O) groups is 2. The number of hydrogen-bond donors (Lipinski definition) is 1. The molecule has 0 saturated carbocycles. The van der Waals surface area contributed by atoms with E-state index in [1.165, 1.54) is 24.3 Å². The van der Waals surface area contributed by atoms with Crippen molar-refractivity contribution in [1.29, 1.82) is 0 Å². The first-order chi connectivity index (χ1) is 11.9. The van der Waals surface area contributed by atoms with E-state index in [9.17, 15) is 14.7 Å². The topological polar surface area (TPSA) is 82.1 Å². The molecule has 6 nitrogen and oxygen atoms in total. The largest absolute Gasteiger partial charge is 0.508 e. The standard InChI is InChI=1S/C20H30O6/c1-8-20(7,18(23)25-16-11-9-15(21)10-12-16)13(2)17(22)24-14(3)26-19(4,5)6/h9-14,21H,8H2,1-7H3. The molecule has 6 heteroatoms. The van der Waals surface area contributed by atoms with Crippen LogP contribution in [0, 0.1) is 11.3 Å². The van der Waals surface area contributed by atoms with E-state index in [4.69, 9.17) is 14.2 Å². The molecule has 0 spiro atoms. The smallest absolute Gasteiger partial charge is 0.318 e. The van der Waals surface area contributed by atoms with E-state index in [1.54, 1.807) is 20.8 Å². The Morgan fingerprint density at radius 1 is 1.08 bits per heavy atom. The molecule has 1 N–H and O–H groups in total. The zero-order valence-corrected chi connectivity index (χ0v) is 16.7. The second-order valence-corrected chi connectivity index (χ2v) is 7.61. The molecular weight excluding hydrogens is 336 g/mol. The van der Waals surface area contributed by atoms with E-state index in [0.717, 1.165) is 0 Å². The van der Waals surface area contributed by atoms with Crippen LogP contribution >= 0.6 is 0 Å². The third-order valence-corrected chi connectivity index (χ3v) is 4.36. The van der Waals surface area contributed by atoms with Gasteiger partial charge in [-0.2, -0.15) is 0 Å². The molecule has 1 rings (SSSR count). The van der Waals surface area contributed by atoms with Crippen molar-refractivity contribution in [3.63, 3.8) is 0 Å². The number of ether oxygens (including phenoxy) is 3. The molecule has 0 amide bonds. The normalized spacial score (nSPS) is 16.3. The van der Waals surface area contributed by atoms with Crippen molar-refractivity contribution in [2.24, 2.45) is 11.3 Å². The molecule has 3 unspecified atom stereocenters. The fourth-order valence-electron chi connectivity index (χ4n) is 2.41. The molecule has 1 aromatic rings. The molecule has 0 saturated heterocycles. The highest BCUT2D eigenvalue weighted by Crippen LogP contribution is 2.34. The van der Waals surface area contributed by atoms with Crippen LogP contribution in [0.4, 0.5) is 0 Å². The highest BCUT2D eigenvalue weighted by molar-refractivity contribution is 5.86. The minimum atomic E-state index is -1.06. The van der Waals surface area contributed by atoms with Crippen LogP contribution in [0.25, 0.3) is 0 Å². The van der Waals surface area contributed by atoms with Crippen molar-refractivity contribution in [1.82, 2.24) is 0 Å². The molecule has 1 aromatic carbocycles. The Morgan fingerprint density at radius 2 is 1.62 bits per heavy atom.